The Morgan fingerprint density at radius 1 is 1.22 bits per heavy atom. The average molecular weight is 403 g/mol. The maximum atomic E-state index is 12.1. The summed E-state index contributed by atoms with van der Waals surface area (Å²) < 4.78 is 0. The van der Waals surface area contributed by atoms with E-state index in [2.05, 4.69) is 16.0 Å². The first-order valence-electron chi connectivity index (χ1n) is 7.37. The second-order valence-corrected chi connectivity index (χ2v) is 5.25. The predicted octanol–water partition coefficient (Wildman–Crippen LogP) is 0.501. The number of unbranched alkanes of at least 4 members (excludes halogenated alkanes) is 1. The van der Waals surface area contributed by atoms with Gasteiger partial charge in [-0.3, -0.25) is 4.79 Å². The van der Waals surface area contributed by atoms with Crippen molar-refractivity contribution in [2.24, 2.45) is 11.7 Å². The van der Waals surface area contributed by atoms with E-state index in [9.17, 15) is 14.4 Å². The number of hydrogen-bond donors (Lipinski definition) is 4. The topological polar surface area (TPSA) is 113 Å². The van der Waals surface area contributed by atoms with E-state index in [4.69, 9.17) is 5.73 Å². The molecule has 5 N–H and O–H groups in total. The van der Waals surface area contributed by atoms with E-state index < -0.39 is 12.1 Å². The Morgan fingerprint density at radius 2 is 1.83 bits per heavy atom. The molecule has 3 amide bonds. The van der Waals surface area contributed by atoms with E-state index in [0.717, 1.165) is 0 Å². The largest absolute Gasteiger partial charge is 0.540 e. The molecule has 0 aromatic rings. The number of carbonyl (C=O) groups is 2. The van der Waals surface area contributed by atoms with Crippen molar-refractivity contribution in [1.29, 1.82) is 0 Å². The Kier molecular flexibility index (Phi) is 19.4. The van der Waals surface area contributed by atoms with Gasteiger partial charge in [0.05, 0.1) is 6.04 Å². The van der Waals surface area contributed by atoms with Crippen molar-refractivity contribution < 1.29 is 47.1 Å². The Bertz CT molecular complexity index is 341. The Labute approximate surface area is 165 Å². The maximum absolute atomic E-state index is 12.1. The minimum absolute atomic E-state index is 0. The summed E-state index contributed by atoms with van der Waals surface area (Å²) in [5, 5.41) is 8.26. The van der Waals surface area contributed by atoms with Crippen molar-refractivity contribution in [1.82, 2.24) is 16.0 Å². The number of nitrogens with one attached hydrogen (secondary N) is 3. The molecule has 0 aliphatic carbocycles. The van der Waals surface area contributed by atoms with Gasteiger partial charge < -0.3 is 33.9 Å². The van der Waals surface area contributed by atoms with Crippen LogP contribution in [0, 0.1) is 13.3 Å². The van der Waals surface area contributed by atoms with Gasteiger partial charge in [0.15, 0.2) is 0 Å². The zero-order valence-corrected chi connectivity index (χ0v) is 17.5. The average Bonchev–Trinajstić information content (AvgIpc) is 2.42. The summed E-state index contributed by atoms with van der Waals surface area (Å²) in [5.74, 6) is -0.0486. The number of urea groups is 1. The zero-order valence-electron chi connectivity index (χ0n) is 14.6. The molecule has 0 spiro atoms. The molecule has 133 valence electrons. The van der Waals surface area contributed by atoms with Crippen molar-refractivity contribution in [3.8, 4) is 0 Å². The van der Waals surface area contributed by atoms with Crippen molar-refractivity contribution in [3.05, 3.63) is 7.43 Å². The molecular weight excluding hydrogens is 373 g/mol. The fraction of sp³-hybridized carbons (Fsp3) is 0.733. The SMILES string of the molecule is CCN[C@H](C(=O)N[C@H]([C-]=O)CCCCNC(N)=O)C(C)C.[CH3-].[Y]. The molecule has 0 rings (SSSR count). The number of likely N-dealkylation sites (N-methyl/N-ethyl adjacent to an activating group) is 1. The molecule has 7 nitrogen and oxygen atoms in total. The van der Waals surface area contributed by atoms with E-state index in [1.54, 1.807) is 0 Å². The predicted molar refractivity (Wildman–Crippen MR) is 87.8 cm³/mol. The molecule has 0 aliphatic rings. The molecule has 2 atom stereocenters. The van der Waals surface area contributed by atoms with Gasteiger partial charge in [-0.2, -0.15) is 0 Å². The molecule has 0 aromatic heterocycles. The molecule has 8 heteroatoms. The number of hydrogen-bond acceptors (Lipinski definition) is 4. The summed E-state index contributed by atoms with van der Waals surface area (Å²) in [7, 11) is 0. The van der Waals surface area contributed by atoms with Gasteiger partial charge in [-0.25, -0.2) is 11.1 Å². The summed E-state index contributed by atoms with van der Waals surface area (Å²) in [6, 6.07) is -1.50. The number of amides is 3. The first-order valence-corrected chi connectivity index (χ1v) is 7.37. The molecule has 23 heavy (non-hydrogen) atoms. The number of carbonyl (C=O) groups excluding carboxylic acids is 3. The molecule has 0 aromatic carbocycles. The van der Waals surface area contributed by atoms with E-state index in [0.29, 0.717) is 32.4 Å². The second-order valence-electron chi connectivity index (χ2n) is 5.25. The van der Waals surface area contributed by atoms with Crippen molar-refractivity contribution in [2.75, 3.05) is 13.1 Å². The van der Waals surface area contributed by atoms with Crippen molar-refractivity contribution >= 4 is 18.2 Å². The Hall–Kier alpha value is -0.526. The molecule has 0 aliphatic heterocycles. The van der Waals surface area contributed by atoms with Gasteiger partial charge in [0.2, 0.25) is 5.91 Å². The third kappa shape index (κ3) is 13.6. The van der Waals surface area contributed by atoms with Crippen LogP contribution in [0.2, 0.25) is 0 Å². The van der Waals surface area contributed by atoms with Crippen LogP contribution in [0.3, 0.4) is 0 Å². The molecule has 0 unspecified atom stereocenters. The van der Waals surface area contributed by atoms with Gasteiger partial charge >= 0.3 is 6.03 Å². The van der Waals surface area contributed by atoms with Crippen LogP contribution in [0.5, 0.6) is 0 Å². The monoisotopic (exact) mass is 403 g/mol. The van der Waals surface area contributed by atoms with Gasteiger partial charge in [-0.05, 0) is 18.9 Å². The van der Waals surface area contributed by atoms with Gasteiger partial charge in [-0.1, -0.05) is 39.7 Å². The summed E-state index contributed by atoms with van der Waals surface area (Å²) >= 11 is 0. The van der Waals surface area contributed by atoms with E-state index in [1.807, 2.05) is 27.1 Å². The smallest absolute Gasteiger partial charge is 0.312 e. The summed E-state index contributed by atoms with van der Waals surface area (Å²) in [6.07, 6.45) is 3.72. The van der Waals surface area contributed by atoms with Crippen LogP contribution in [0.4, 0.5) is 4.79 Å². The molecule has 0 saturated carbocycles. The first-order chi connectivity index (χ1) is 9.92. The van der Waals surface area contributed by atoms with Gasteiger partial charge in [0, 0.05) is 39.3 Å². The maximum Gasteiger partial charge on any atom is 0.312 e. The molecule has 1 radical (unpaired) electrons. The van der Waals surface area contributed by atoms with Crippen LogP contribution in [0.1, 0.15) is 40.0 Å². The Balaban J connectivity index is -0.00000200. The molecule has 0 saturated heterocycles. The van der Waals surface area contributed by atoms with Crippen LogP contribution in [0.25, 0.3) is 0 Å². The third-order valence-electron chi connectivity index (χ3n) is 3.05. The summed E-state index contributed by atoms with van der Waals surface area (Å²) in [5.41, 5.74) is 4.94. The fourth-order valence-electron chi connectivity index (χ4n) is 1.96. The molecule has 0 bridgehead atoms. The van der Waals surface area contributed by atoms with Gasteiger partial charge in [0.25, 0.3) is 0 Å². The molecule has 0 fully saturated rings. The fourth-order valence-corrected chi connectivity index (χ4v) is 1.96. The molecular formula is C15H30N4O3Y-2. The standard InChI is InChI=1S/C14H27N4O3.CH3.Y/c1-4-16-12(10(2)3)13(20)18-11(9-19)7-5-6-8-17-14(15)21;;/h10-12,16H,4-8H2,1-3H3,(H,18,20)(H3,15,17,21);1H3;/q2*-1;/t11-,12-;;/m0../s1. The van der Waals surface area contributed by atoms with E-state index >= 15 is 0 Å². The minimum Gasteiger partial charge on any atom is -0.540 e. The second kappa shape index (κ2) is 16.3. The van der Waals surface area contributed by atoms with Crippen LogP contribution >= 0.6 is 0 Å². The number of nitrogens with two attached hydrogens (primary N) is 1. The third-order valence-corrected chi connectivity index (χ3v) is 3.05. The van der Waals surface area contributed by atoms with Crippen LogP contribution < -0.4 is 21.7 Å². The number of rotatable bonds is 11. The normalized spacial score (nSPS) is 12.3. The van der Waals surface area contributed by atoms with Crippen LogP contribution in [-0.2, 0) is 42.3 Å². The van der Waals surface area contributed by atoms with Crippen LogP contribution in [0.15, 0.2) is 0 Å². The van der Waals surface area contributed by atoms with Crippen molar-refractivity contribution in [2.45, 2.75) is 52.1 Å². The van der Waals surface area contributed by atoms with E-state index in [1.165, 1.54) is 0 Å². The number of primary amides is 1. The summed E-state index contributed by atoms with van der Waals surface area (Å²) in [4.78, 5) is 33.5. The van der Waals surface area contributed by atoms with Crippen LogP contribution in [-0.4, -0.2) is 43.4 Å². The van der Waals surface area contributed by atoms with E-state index in [-0.39, 0.29) is 58.0 Å². The molecule has 0 heterocycles. The Morgan fingerprint density at radius 3 is 2.26 bits per heavy atom. The zero-order chi connectivity index (χ0) is 16.3. The quantitative estimate of drug-likeness (QED) is 0.297. The van der Waals surface area contributed by atoms with Gasteiger partial charge in [-0.15, -0.1) is 0 Å². The summed E-state index contributed by atoms with van der Waals surface area (Å²) in [6.45, 7) is 6.97. The minimum atomic E-state index is -0.619. The van der Waals surface area contributed by atoms with Crippen molar-refractivity contribution in [3.63, 3.8) is 0 Å². The first kappa shape index (κ1) is 27.3. The van der Waals surface area contributed by atoms with Gasteiger partial charge in [0.1, 0.15) is 0 Å².